The number of hydrogen-bond acceptors (Lipinski definition) is 9. The Morgan fingerprint density at radius 1 is 1.03 bits per heavy atom. The van der Waals surface area contributed by atoms with Crippen molar-refractivity contribution in [2.75, 3.05) is 31.3 Å². The first-order chi connectivity index (χ1) is 15.0. The van der Waals surface area contributed by atoms with Crippen LogP contribution in [0.1, 0.15) is 18.4 Å². The number of hydrogen-bond donors (Lipinski definition) is 0. The van der Waals surface area contributed by atoms with Gasteiger partial charge in [-0.15, -0.1) is 4.91 Å². The molecule has 1 unspecified atom stereocenters. The van der Waals surface area contributed by atoms with Crippen LogP contribution in [-0.4, -0.2) is 43.3 Å². The van der Waals surface area contributed by atoms with E-state index in [1.165, 1.54) is 27.7 Å². The fourth-order valence-electron chi connectivity index (χ4n) is 2.50. The van der Waals surface area contributed by atoms with Crippen LogP contribution in [0.4, 0.5) is 4.39 Å². The van der Waals surface area contributed by atoms with Gasteiger partial charge in [0.25, 0.3) is 0 Å². The van der Waals surface area contributed by atoms with Crippen molar-refractivity contribution in [3.63, 3.8) is 0 Å². The zero-order chi connectivity index (χ0) is 22.5. The Morgan fingerprint density at radius 3 is 2.42 bits per heavy atom. The van der Waals surface area contributed by atoms with Gasteiger partial charge in [-0.25, -0.2) is 9.18 Å². The third-order valence-corrected chi connectivity index (χ3v) is 6.42. The number of carbonyl (C=O) groups is 2. The number of ether oxygens (including phenoxy) is 2. The molecule has 0 amide bonds. The Kier molecular flexibility index (Phi) is 10.9. The third kappa shape index (κ3) is 8.58. The second kappa shape index (κ2) is 13.7. The predicted octanol–water partition coefficient (Wildman–Crippen LogP) is 4.76. The summed E-state index contributed by atoms with van der Waals surface area (Å²) in [5.74, 6) is -1.37. The Labute approximate surface area is 187 Å². The number of nitrogens with zero attached hydrogens (tertiary/aromatic N) is 1. The van der Waals surface area contributed by atoms with E-state index in [1.807, 2.05) is 18.2 Å². The maximum atomic E-state index is 14.5. The standard InChI is InChI=1S/C21H22FNO6S2/c1-15(17-7-8-18(19(22)13-17)16-5-3-2-4-6-16)21(25)28-14-20(24)27-9-11-30-31-12-10-29-23-26/h2-8,13,15H,9-12,14H2,1H3. The molecule has 1 atom stereocenters. The van der Waals surface area contributed by atoms with Crippen LogP contribution in [0.25, 0.3) is 11.1 Å². The van der Waals surface area contributed by atoms with Gasteiger partial charge in [0.2, 0.25) is 0 Å². The van der Waals surface area contributed by atoms with Crippen LogP contribution in [0.3, 0.4) is 0 Å². The Morgan fingerprint density at radius 2 is 1.74 bits per heavy atom. The molecule has 31 heavy (non-hydrogen) atoms. The molecule has 0 N–H and O–H groups in total. The molecule has 0 saturated heterocycles. The van der Waals surface area contributed by atoms with E-state index in [0.717, 1.165) is 5.56 Å². The highest BCUT2D eigenvalue weighted by Gasteiger charge is 2.20. The fraction of sp³-hybridized carbons (Fsp3) is 0.333. The van der Waals surface area contributed by atoms with Gasteiger partial charge in [0.1, 0.15) is 19.0 Å². The minimum atomic E-state index is -0.734. The second-order valence-corrected chi connectivity index (χ2v) is 8.91. The molecule has 2 aromatic carbocycles. The van der Waals surface area contributed by atoms with Gasteiger partial charge >= 0.3 is 11.9 Å². The topological polar surface area (TPSA) is 91.3 Å². The van der Waals surface area contributed by atoms with Gasteiger partial charge in [-0.1, -0.05) is 64.1 Å². The molecule has 10 heteroatoms. The Bertz CT molecular complexity index is 868. The molecular weight excluding hydrogens is 445 g/mol. The van der Waals surface area contributed by atoms with Crippen LogP contribution in [0.5, 0.6) is 0 Å². The number of carbonyl (C=O) groups excluding carboxylic acids is 2. The van der Waals surface area contributed by atoms with E-state index in [9.17, 15) is 18.9 Å². The molecule has 0 aliphatic heterocycles. The molecule has 0 aliphatic carbocycles. The van der Waals surface area contributed by atoms with Crippen molar-refractivity contribution in [1.82, 2.24) is 0 Å². The Hall–Kier alpha value is -2.59. The molecule has 0 aromatic heterocycles. The van der Waals surface area contributed by atoms with E-state index in [1.54, 1.807) is 31.2 Å². The van der Waals surface area contributed by atoms with Gasteiger partial charge in [-0.3, -0.25) is 4.79 Å². The average Bonchev–Trinajstić information content (AvgIpc) is 2.79. The van der Waals surface area contributed by atoms with Gasteiger partial charge in [0, 0.05) is 17.1 Å². The minimum absolute atomic E-state index is 0.155. The summed E-state index contributed by atoms with van der Waals surface area (Å²) in [5.41, 5.74) is 1.64. The number of benzene rings is 2. The summed E-state index contributed by atoms with van der Waals surface area (Å²) in [6.07, 6.45) is 0. The minimum Gasteiger partial charge on any atom is -0.462 e. The number of rotatable bonds is 13. The average molecular weight is 468 g/mol. The quantitative estimate of drug-likeness (QED) is 0.137. The van der Waals surface area contributed by atoms with E-state index in [4.69, 9.17) is 9.47 Å². The molecule has 0 bridgehead atoms. The molecule has 7 nitrogen and oxygen atoms in total. The number of halogens is 1. The van der Waals surface area contributed by atoms with E-state index in [0.29, 0.717) is 22.6 Å². The number of esters is 2. The molecule has 0 spiro atoms. The summed E-state index contributed by atoms with van der Waals surface area (Å²) in [6, 6.07) is 13.7. The SMILES string of the molecule is CC(C(=O)OCC(=O)OCCSSCCON=O)c1ccc(-c2ccccc2)c(F)c1. The lowest BCUT2D eigenvalue weighted by molar-refractivity contribution is -0.159. The lowest BCUT2D eigenvalue weighted by Gasteiger charge is -2.13. The van der Waals surface area contributed by atoms with Crippen molar-refractivity contribution in [2.24, 2.45) is 5.34 Å². The van der Waals surface area contributed by atoms with E-state index >= 15 is 0 Å². The highest BCUT2D eigenvalue weighted by Crippen LogP contribution is 2.26. The van der Waals surface area contributed by atoms with Crippen molar-refractivity contribution >= 4 is 33.5 Å². The maximum Gasteiger partial charge on any atom is 0.344 e. The van der Waals surface area contributed by atoms with Crippen molar-refractivity contribution < 1.29 is 28.3 Å². The summed E-state index contributed by atoms with van der Waals surface area (Å²) in [6.45, 7) is 1.45. The monoisotopic (exact) mass is 467 g/mol. The second-order valence-electron chi connectivity index (χ2n) is 6.21. The van der Waals surface area contributed by atoms with E-state index < -0.39 is 30.3 Å². The maximum absolute atomic E-state index is 14.5. The molecular formula is C21H22FNO6S2. The first kappa shape index (κ1) is 24.7. The molecule has 2 aromatic rings. The zero-order valence-electron chi connectivity index (χ0n) is 16.8. The summed E-state index contributed by atoms with van der Waals surface area (Å²) in [7, 11) is 2.90. The van der Waals surface area contributed by atoms with Crippen molar-refractivity contribution in [3.05, 3.63) is 64.8 Å². The van der Waals surface area contributed by atoms with E-state index in [2.05, 4.69) is 10.2 Å². The molecule has 0 radical (unpaired) electrons. The third-order valence-electron chi connectivity index (χ3n) is 4.09. The lowest BCUT2D eigenvalue weighted by atomic mass is 9.97. The predicted molar refractivity (Wildman–Crippen MR) is 119 cm³/mol. The van der Waals surface area contributed by atoms with Crippen LogP contribution in [0, 0.1) is 10.7 Å². The highest BCUT2D eigenvalue weighted by molar-refractivity contribution is 8.76. The molecule has 0 heterocycles. The van der Waals surface area contributed by atoms with Gasteiger partial charge in [-0.05, 0) is 24.1 Å². The van der Waals surface area contributed by atoms with Crippen molar-refractivity contribution in [2.45, 2.75) is 12.8 Å². The van der Waals surface area contributed by atoms with Gasteiger partial charge in [0.15, 0.2) is 11.9 Å². The smallest absolute Gasteiger partial charge is 0.344 e. The molecule has 0 aliphatic rings. The first-order valence-electron chi connectivity index (χ1n) is 9.39. The summed E-state index contributed by atoms with van der Waals surface area (Å²) < 4.78 is 24.5. The molecule has 2 rings (SSSR count). The largest absolute Gasteiger partial charge is 0.462 e. The van der Waals surface area contributed by atoms with Crippen molar-refractivity contribution in [3.8, 4) is 11.1 Å². The molecule has 0 fully saturated rings. The molecule has 166 valence electrons. The van der Waals surface area contributed by atoms with Crippen LogP contribution in [-0.2, 0) is 23.9 Å². The first-order valence-corrected chi connectivity index (χ1v) is 11.9. The van der Waals surface area contributed by atoms with Crippen LogP contribution < -0.4 is 0 Å². The fourth-order valence-corrected chi connectivity index (χ4v) is 4.15. The van der Waals surface area contributed by atoms with Gasteiger partial charge in [-0.2, -0.15) is 0 Å². The van der Waals surface area contributed by atoms with Gasteiger partial charge < -0.3 is 14.3 Å². The normalized spacial score (nSPS) is 11.4. The summed E-state index contributed by atoms with van der Waals surface area (Å²) in [5, 5.41) is 2.28. The Balaban J connectivity index is 1.72. The van der Waals surface area contributed by atoms with Crippen LogP contribution in [0.15, 0.2) is 53.9 Å². The van der Waals surface area contributed by atoms with Crippen LogP contribution in [0.2, 0.25) is 0 Å². The summed E-state index contributed by atoms with van der Waals surface area (Å²) >= 11 is 0. The van der Waals surface area contributed by atoms with Crippen molar-refractivity contribution in [1.29, 1.82) is 0 Å². The van der Waals surface area contributed by atoms with E-state index in [-0.39, 0.29) is 13.2 Å². The summed E-state index contributed by atoms with van der Waals surface area (Å²) in [4.78, 5) is 37.9. The van der Waals surface area contributed by atoms with Crippen LogP contribution >= 0.6 is 21.6 Å². The highest BCUT2D eigenvalue weighted by atomic mass is 33.1. The molecule has 0 saturated carbocycles. The zero-order valence-corrected chi connectivity index (χ0v) is 18.5. The lowest BCUT2D eigenvalue weighted by Crippen LogP contribution is -2.20. The van der Waals surface area contributed by atoms with Gasteiger partial charge in [0.05, 0.1) is 5.92 Å².